The SMILES string of the molecule is c1ccc(N(c2cccc(-c3cccc4c3oc3ccccc34)c2)c2ccc3c(sc4ccccc43)c2-c2ccccc2-n2c3ccccc3c3ccccc32)cc1. The van der Waals surface area contributed by atoms with Crippen LogP contribution in [-0.2, 0) is 0 Å². The Hall–Kier alpha value is -7.40. The number of nitrogens with zero attached hydrogens (tertiary/aromatic N) is 2. The zero-order valence-electron chi connectivity index (χ0n) is 31.3. The maximum absolute atomic E-state index is 6.56. The number of aromatic nitrogens is 1. The molecule has 0 aliphatic rings. The van der Waals surface area contributed by atoms with Gasteiger partial charge < -0.3 is 13.9 Å². The van der Waals surface area contributed by atoms with Gasteiger partial charge in [-0.25, -0.2) is 0 Å². The lowest BCUT2D eigenvalue weighted by molar-refractivity contribution is 0.670. The normalized spacial score (nSPS) is 11.8. The average Bonchev–Trinajstić information content (AvgIpc) is 3.97. The summed E-state index contributed by atoms with van der Waals surface area (Å²) in [5, 5.41) is 7.28. The van der Waals surface area contributed by atoms with Crippen LogP contribution in [0.4, 0.5) is 17.1 Å². The number of hydrogen-bond donors (Lipinski definition) is 0. The first-order valence-corrected chi connectivity index (χ1v) is 20.5. The Balaban J connectivity index is 1.15. The Kier molecular flexibility index (Phi) is 7.40. The van der Waals surface area contributed by atoms with E-state index >= 15 is 0 Å². The largest absolute Gasteiger partial charge is 0.455 e. The number of anilines is 3. The van der Waals surface area contributed by atoms with E-state index in [9.17, 15) is 0 Å². The molecular formula is C54H34N2OS. The van der Waals surface area contributed by atoms with E-state index in [4.69, 9.17) is 4.42 Å². The van der Waals surface area contributed by atoms with Crippen LogP contribution in [0.2, 0.25) is 0 Å². The molecule has 0 saturated carbocycles. The second-order valence-electron chi connectivity index (χ2n) is 14.8. The molecule has 0 bridgehead atoms. The molecule has 3 heterocycles. The van der Waals surface area contributed by atoms with Crippen LogP contribution in [0.15, 0.2) is 211 Å². The molecule has 0 spiro atoms. The predicted molar refractivity (Wildman–Crippen MR) is 247 cm³/mol. The fourth-order valence-corrected chi connectivity index (χ4v) is 10.3. The zero-order chi connectivity index (χ0) is 38.2. The van der Waals surface area contributed by atoms with Gasteiger partial charge in [-0.3, -0.25) is 0 Å². The van der Waals surface area contributed by atoms with Crippen molar-refractivity contribution in [3.8, 4) is 27.9 Å². The predicted octanol–water partition coefficient (Wildman–Crippen LogP) is 15.9. The number of fused-ring (bicyclic) bond motifs is 9. The summed E-state index contributed by atoms with van der Waals surface area (Å²) in [6.45, 7) is 0. The molecule has 4 heteroatoms. The Bertz CT molecular complexity index is 3480. The van der Waals surface area contributed by atoms with E-state index < -0.39 is 0 Å². The van der Waals surface area contributed by atoms with Crippen LogP contribution in [0.1, 0.15) is 0 Å². The molecule has 272 valence electrons. The molecule has 0 aliphatic heterocycles. The summed E-state index contributed by atoms with van der Waals surface area (Å²) in [7, 11) is 0. The minimum absolute atomic E-state index is 0.898. The molecule has 0 amide bonds. The summed E-state index contributed by atoms with van der Waals surface area (Å²) in [6.07, 6.45) is 0. The standard InChI is InChI=1S/C54H34N2OS/c1-2-17-36(18-3-1)55(37-19-14-16-35(34-37)38-25-15-26-43-41-22-7-12-30-50(41)57-53(38)43)49-33-32-44-42-23-8-13-31-51(42)58-54(44)52(49)45-24-6-11-29-48(45)56-46-27-9-4-20-39(46)40-21-5-10-28-47(40)56/h1-34H. The molecule has 0 aliphatic carbocycles. The first-order chi connectivity index (χ1) is 28.8. The van der Waals surface area contributed by atoms with E-state index in [1.807, 2.05) is 17.4 Å². The molecule has 0 unspecified atom stereocenters. The molecule has 12 aromatic rings. The van der Waals surface area contributed by atoms with Gasteiger partial charge in [0.15, 0.2) is 0 Å². The van der Waals surface area contributed by atoms with Gasteiger partial charge in [0.05, 0.1) is 22.4 Å². The smallest absolute Gasteiger partial charge is 0.143 e. The quantitative estimate of drug-likeness (QED) is 0.168. The Morgan fingerprint density at radius 1 is 0.431 bits per heavy atom. The highest BCUT2D eigenvalue weighted by molar-refractivity contribution is 7.26. The maximum Gasteiger partial charge on any atom is 0.143 e. The van der Waals surface area contributed by atoms with Crippen LogP contribution in [0.5, 0.6) is 0 Å². The summed E-state index contributed by atoms with van der Waals surface area (Å²) < 4.78 is 11.5. The fraction of sp³-hybridized carbons (Fsp3) is 0. The van der Waals surface area contributed by atoms with Crippen molar-refractivity contribution in [3.63, 3.8) is 0 Å². The van der Waals surface area contributed by atoms with Crippen LogP contribution >= 0.6 is 11.3 Å². The molecule has 0 atom stereocenters. The van der Waals surface area contributed by atoms with Crippen molar-refractivity contribution < 1.29 is 4.42 Å². The number of hydrogen-bond acceptors (Lipinski definition) is 3. The highest BCUT2D eigenvalue weighted by Crippen LogP contribution is 2.51. The average molecular weight is 759 g/mol. The van der Waals surface area contributed by atoms with Crippen LogP contribution in [0, 0.1) is 0 Å². The maximum atomic E-state index is 6.56. The van der Waals surface area contributed by atoms with Gasteiger partial charge in [-0.1, -0.05) is 146 Å². The van der Waals surface area contributed by atoms with Gasteiger partial charge in [0.25, 0.3) is 0 Å². The van der Waals surface area contributed by atoms with Gasteiger partial charge in [-0.2, -0.15) is 0 Å². The molecule has 0 saturated heterocycles. The zero-order valence-corrected chi connectivity index (χ0v) is 32.2. The van der Waals surface area contributed by atoms with Crippen molar-refractivity contribution in [2.45, 2.75) is 0 Å². The lowest BCUT2D eigenvalue weighted by Gasteiger charge is -2.29. The summed E-state index contributed by atoms with van der Waals surface area (Å²) >= 11 is 1.87. The molecule has 3 aromatic heterocycles. The molecule has 58 heavy (non-hydrogen) atoms. The van der Waals surface area contributed by atoms with Crippen molar-refractivity contribution in [2.24, 2.45) is 0 Å². The minimum atomic E-state index is 0.898. The van der Waals surface area contributed by atoms with Gasteiger partial charge in [0.2, 0.25) is 0 Å². The highest BCUT2D eigenvalue weighted by atomic mass is 32.1. The molecule has 0 radical (unpaired) electrons. The summed E-state index contributed by atoms with van der Waals surface area (Å²) in [5.74, 6) is 0. The third-order valence-corrected chi connectivity index (χ3v) is 12.8. The number of rotatable bonds is 6. The van der Waals surface area contributed by atoms with Gasteiger partial charge in [0.1, 0.15) is 11.2 Å². The van der Waals surface area contributed by atoms with E-state index in [-0.39, 0.29) is 0 Å². The van der Waals surface area contributed by atoms with Gasteiger partial charge in [-0.05, 0) is 66.2 Å². The second kappa shape index (κ2) is 13.1. The highest BCUT2D eigenvalue weighted by Gasteiger charge is 2.25. The minimum Gasteiger partial charge on any atom is -0.455 e. The van der Waals surface area contributed by atoms with Gasteiger partial charge >= 0.3 is 0 Å². The van der Waals surface area contributed by atoms with E-state index in [0.29, 0.717) is 0 Å². The molecular weight excluding hydrogens is 725 g/mol. The molecule has 12 rings (SSSR count). The third-order valence-electron chi connectivity index (χ3n) is 11.6. The van der Waals surface area contributed by atoms with Crippen molar-refractivity contribution in [1.82, 2.24) is 4.57 Å². The van der Waals surface area contributed by atoms with Crippen molar-refractivity contribution in [2.75, 3.05) is 4.90 Å². The van der Waals surface area contributed by atoms with Crippen LogP contribution in [0.3, 0.4) is 0 Å². The molecule has 3 nitrogen and oxygen atoms in total. The topological polar surface area (TPSA) is 21.3 Å². The lowest BCUT2D eigenvalue weighted by Crippen LogP contribution is -2.12. The van der Waals surface area contributed by atoms with E-state index in [1.54, 1.807) is 0 Å². The Morgan fingerprint density at radius 2 is 1.05 bits per heavy atom. The summed E-state index contributed by atoms with van der Waals surface area (Å²) in [4.78, 5) is 2.43. The second-order valence-corrected chi connectivity index (χ2v) is 15.9. The fourth-order valence-electron chi connectivity index (χ4n) is 9.08. The monoisotopic (exact) mass is 758 g/mol. The summed E-state index contributed by atoms with van der Waals surface area (Å²) in [5.41, 5.74) is 13.1. The first-order valence-electron chi connectivity index (χ1n) is 19.7. The van der Waals surface area contributed by atoms with Gasteiger partial charge in [-0.15, -0.1) is 11.3 Å². The van der Waals surface area contributed by atoms with Crippen LogP contribution in [0.25, 0.3) is 91.9 Å². The van der Waals surface area contributed by atoms with Crippen LogP contribution in [-0.4, -0.2) is 4.57 Å². The van der Waals surface area contributed by atoms with Crippen molar-refractivity contribution in [1.29, 1.82) is 0 Å². The number of para-hydroxylation sites is 6. The number of furan rings is 1. The van der Waals surface area contributed by atoms with Crippen LogP contribution < -0.4 is 4.90 Å². The van der Waals surface area contributed by atoms with Gasteiger partial charge in [0, 0.05) is 69.8 Å². The van der Waals surface area contributed by atoms with E-state index in [0.717, 1.165) is 55.8 Å². The first kappa shape index (κ1) is 32.8. The van der Waals surface area contributed by atoms with E-state index in [1.165, 1.54) is 53.1 Å². The van der Waals surface area contributed by atoms with Crippen molar-refractivity contribution in [3.05, 3.63) is 206 Å². The number of benzene rings is 9. The lowest BCUT2D eigenvalue weighted by atomic mass is 9.96. The Labute approximate surface area is 338 Å². The molecule has 9 aromatic carbocycles. The summed E-state index contributed by atoms with van der Waals surface area (Å²) in [6, 6.07) is 74.4. The molecule has 0 N–H and O–H groups in total. The van der Waals surface area contributed by atoms with E-state index in [2.05, 4.69) is 210 Å². The van der Waals surface area contributed by atoms with Crippen molar-refractivity contribution >= 4 is 92.3 Å². The number of thiophene rings is 1. The third kappa shape index (κ3) is 4.99. The molecule has 0 fully saturated rings. The Morgan fingerprint density at radius 3 is 1.88 bits per heavy atom.